The van der Waals surface area contributed by atoms with E-state index < -0.39 is 5.82 Å². The number of carbonyl (C=O) groups excluding carboxylic acids is 3. The third-order valence-corrected chi connectivity index (χ3v) is 5.26. The fourth-order valence-corrected chi connectivity index (χ4v) is 3.46. The molecule has 2 heterocycles. The molecule has 2 N–H and O–H groups in total. The molecule has 0 atom stereocenters. The lowest BCUT2D eigenvalue weighted by Gasteiger charge is -2.34. The summed E-state index contributed by atoms with van der Waals surface area (Å²) in [5.41, 5.74) is 1.97. The maximum absolute atomic E-state index is 13.4. The second-order valence-corrected chi connectivity index (χ2v) is 7.49. The van der Waals surface area contributed by atoms with Crippen molar-refractivity contribution in [2.24, 2.45) is 0 Å². The third kappa shape index (κ3) is 5.51. The Balaban J connectivity index is 1.27. The van der Waals surface area contributed by atoms with Crippen molar-refractivity contribution >= 4 is 29.2 Å². The SMILES string of the molecule is O=C(Nc1ccc(NC(=O)N2CCN(C(=O)c3cccc(F)c3)CC2)cc1)c1ccncc1. The molecular weight excluding hydrogens is 425 g/mol. The van der Waals surface area contributed by atoms with Crippen LogP contribution in [0.5, 0.6) is 0 Å². The first-order valence-corrected chi connectivity index (χ1v) is 10.4. The van der Waals surface area contributed by atoms with Crippen molar-refractivity contribution < 1.29 is 18.8 Å². The third-order valence-electron chi connectivity index (χ3n) is 5.26. The van der Waals surface area contributed by atoms with E-state index in [0.717, 1.165) is 0 Å². The highest BCUT2D eigenvalue weighted by atomic mass is 19.1. The molecule has 3 aromatic rings. The summed E-state index contributed by atoms with van der Waals surface area (Å²) in [5, 5.41) is 5.60. The summed E-state index contributed by atoms with van der Waals surface area (Å²) < 4.78 is 13.4. The number of amides is 4. The molecule has 0 aliphatic carbocycles. The summed E-state index contributed by atoms with van der Waals surface area (Å²) in [5.74, 6) is -0.958. The largest absolute Gasteiger partial charge is 0.335 e. The van der Waals surface area contributed by atoms with Crippen LogP contribution in [0.25, 0.3) is 0 Å². The number of pyridine rings is 1. The van der Waals surface area contributed by atoms with Crippen molar-refractivity contribution in [3.05, 3.63) is 90.0 Å². The minimum absolute atomic E-state index is 0.250. The van der Waals surface area contributed by atoms with E-state index in [9.17, 15) is 18.8 Å². The summed E-state index contributed by atoms with van der Waals surface area (Å²) in [6.45, 7) is 1.46. The van der Waals surface area contributed by atoms with Crippen molar-refractivity contribution in [1.82, 2.24) is 14.8 Å². The molecule has 1 aliphatic rings. The molecule has 8 nitrogen and oxygen atoms in total. The number of nitrogens with one attached hydrogen (secondary N) is 2. The van der Waals surface area contributed by atoms with Gasteiger partial charge in [0.05, 0.1) is 0 Å². The van der Waals surface area contributed by atoms with Crippen molar-refractivity contribution in [3.8, 4) is 0 Å². The number of nitrogens with zero attached hydrogens (tertiary/aromatic N) is 3. The second kappa shape index (κ2) is 9.90. The molecule has 4 rings (SSSR count). The standard InChI is InChI=1S/C24H22FN5O3/c25-19-3-1-2-18(16-19)23(32)29-12-14-30(15-13-29)24(33)28-21-6-4-20(5-7-21)27-22(31)17-8-10-26-11-9-17/h1-11,16H,12-15H2,(H,27,31)(H,28,33). The van der Waals surface area contributed by atoms with Crippen LogP contribution in [0.2, 0.25) is 0 Å². The van der Waals surface area contributed by atoms with Gasteiger partial charge in [0, 0.05) is 61.1 Å². The Kier molecular flexibility index (Phi) is 6.58. The smallest absolute Gasteiger partial charge is 0.321 e. The fraction of sp³-hybridized carbons (Fsp3) is 0.167. The molecule has 9 heteroatoms. The number of aromatic nitrogens is 1. The zero-order valence-electron chi connectivity index (χ0n) is 17.7. The lowest BCUT2D eigenvalue weighted by Crippen LogP contribution is -2.51. The molecule has 2 aromatic carbocycles. The van der Waals surface area contributed by atoms with E-state index >= 15 is 0 Å². The lowest BCUT2D eigenvalue weighted by molar-refractivity contribution is 0.0671. The summed E-state index contributed by atoms with van der Waals surface area (Å²) in [6, 6.07) is 15.3. The molecule has 168 valence electrons. The van der Waals surface area contributed by atoms with Crippen LogP contribution in [-0.4, -0.2) is 58.8 Å². The molecule has 0 unspecified atom stereocenters. The predicted molar refractivity (Wildman–Crippen MR) is 122 cm³/mol. The summed E-state index contributed by atoms with van der Waals surface area (Å²) >= 11 is 0. The van der Waals surface area contributed by atoms with E-state index in [1.807, 2.05) is 0 Å². The molecule has 1 fully saturated rings. The van der Waals surface area contributed by atoms with Crippen molar-refractivity contribution in [2.45, 2.75) is 0 Å². The molecule has 1 saturated heterocycles. The Hall–Kier alpha value is -4.27. The van der Waals surface area contributed by atoms with Crippen molar-refractivity contribution in [3.63, 3.8) is 0 Å². The van der Waals surface area contributed by atoms with Gasteiger partial charge >= 0.3 is 6.03 Å². The molecular formula is C24H22FN5O3. The average molecular weight is 447 g/mol. The Morgan fingerprint density at radius 3 is 2.00 bits per heavy atom. The number of benzene rings is 2. The van der Waals surface area contributed by atoms with Crippen molar-refractivity contribution in [2.75, 3.05) is 36.8 Å². The van der Waals surface area contributed by atoms with Crippen LogP contribution in [-0.2, 0) is 0 Å². The second-order valence-electron chi connectivity index (χ2n) is 7.49. The van der Waals surface area contributed by atoms with Crippen LogP contribution in [0.4, 0.5) is 20.6 Å². The van der Waals surface area contributed by atoms with Gasteiger partial charge in [-0.15, -0.1) is 0 Å². The van der Waals surface area contributed by atoms with E-state index in [-0.39, 0.29) is 17.8 Å². The molecule has 0 saturated carbocycles. The van der Waals surface area contributed by atoms with Gasteiger partial charge in [0.1, 0.15) is 5.82 Å². The molecule has 33 heavy (non-hydrogen) atoms. The van der Waals surface area contributed by atoms with E-state index in [2.05, 4.69) is 15.6 Å². The number of anilines is 2. The van der Waals surface area contributed by atoms with Gasteiger partial charge in [-0.2, -0.15) is 0 Å². The van der Waals surface area contributed by atoms with Gasteiger partial charge in [-0.3, -0.25) is 14.6 Å². The number of urea groups is 1. The van der Waals surface area contributed by atoms with Gasteiger partial charge in [-0.25, -0.2) is 9.18 Å². The van der Waals surface area contributed by atoms with E-state index in [0.29, 0.717) is 48.7 Å². The Morgan fingerprint density at radius 2 is 1.36 bits per heavy atom. The number of carbonyl (C=O) groups is 3. The quantitative estimate of drug-likeness (QED) is 0.640. The highest BCUT2D eigenvalue weighted by molar-refractivity contribution is 6.04. The molecule has 0 bridgehead atoms. The first kappa shape index (κ1) is 21.9. The zero-order valence-corrected chi connectivity index (χ0v) is 17.7. The van der Waals surface area contributed by atoms with Crippen LogP contribution in [0.3, 0.4) is 0 Å². The molecule has 1 aromatic heterocycles. The summed E-state index contributed by atoms with van der Waals surface area (Å²) in [7, 11) is 0. The fourth-order valence-electron chi connectivity index (χ4n) is 3.46. The molecule has 0 spiro atoms. The highest BCUT2D eigenvalue weighted by Gasteiger charge is 2.25. The summed E-state index contributed by atoms with van der Waals surface area (Å²) in [6.07, 6.45) is 3.09. The maximum atomic E-state index is 13.4. The van der Waals surface area contributed by atoms with Crippen LogP contribution < -0.4 is 10.6 Å². The molecule has 0 radical (unpaired) electrons. The Labute approximate surface area is 190 Å². The van der Waals surface area contributed by atoms with Gasteiger partial charge in [-0.1, -0.05) is 6.07 Å². The average Bonchev–Trinajstić information content (AvgIpc) is 2.85. The summed E-state index contributed by atoms with van der Waals surface area (Å²) in [4.78, 5) is 44.4. The number of hydrogen-bond acceptors (Lipinski definition) is 4. The van der Waals surface area contributed by atoms with Gasteiger partial charge < -0.3 is 20.4 Å². The van der Waals surface area contributed by atoms with Crippen LogP contribution in [0.15, 0.2) is 73.1 Å². The highest BCUT2D eigenvalue weighted by Crippen LogP contribution is 2.16. The normalized spacial score (nSPS) is 13.4. The van der Waals surface area contributed by atoms with Crippen LogP contribution >= 0.6 is 0 Å². The topological polar surface area (TPSA) is 94.6 Å². The Bertz CT molecular complexity index is 1150. The maximum Gasteiger partial charge on any atom is 0.321 e. The number of hydrogen-bond donors (Lipinski definition) is 2. The van der Waals surface area contributed by atoms with Crippen LogP contribution in [0, 0.1) is 5.82 Å². The van der Waals surface area contributed by atoms with E-state index in [1.165, 1.54) is 18.2 Å². The predicted octanol–water partition coefficient (Wildman–Crippen LogP) is 3.46. The minimum Gasteiger partial charge on any atom is -0.335 e. The molecule has 4 amide bonds. The van der Waals surface area contributed by atoms with Crippen molar-refractivity contribution in [1.29, 1.82) is 0 Å². The minimum atomic E-state index is -0.457. The Morgan fingerprint density at radius 1 is 0.758 bits per heavy atom. The number of halogens is 1. The first-order valence-electron chi connectivity index (χ1n) is 10.4. The van der Waals surface area contributed by atoms with Gasteiger partial charge in [-0.05, 0) is 54.6 Å². The van der Waals surface area contributed by atoms with Crippen LogP contribution in [0.1, 0.15) is 20.7 Å². The lowest BCUT2D eigenvalue weighted by atomic mass is 10.2. The van der Waals surface area contributed by atoms with Gasteiger partial charge in [0.15, 0.2) is 0 Å². The zero-order chi connectivity index (χ0) is 23.2. The van der Waals surface area contributed by atoms with E-state index in [1.54, 1.807) is 64.7 Å². The first-order chi connectivity index (χ1) is 16.0. The monoisotopic (exact) mass is 447 g/mol. The number of rotatable bonds is 4. The molecule has 1 aliphatic heterocycles. The number of piperazine rings is 1. The van der Waals surface area contributed by atoms with Gasteiger partial charge in [0.2, 0.25) is 0 Å². The van der Waals surface area contributed by atoms with Gasteiger partial charge in [0.25, 0.3) is 11.8 Å². The van der Waals surface area contributed by atoms with E-state index in [4.69, 9.17) is 0 Å².